The first-order chi connectivity index (χ1) is 9.01. The number of aliphatic hydroxyl groups is 1. The monoisotopic (exact) mass is 274 g/mol. The van der Waals surface area contributed by atoms with Gasteiger partial charge in [-0.25, -0.2) is 4.79 Å². The number of carbonyl (C=O) groups excluding carboxylic acids is 1. The van der Waals surface area contributed by atoms with Crippen LogP contribution in [0.1, 0.15) is 58.8 Å². The van der Waals surface area contributed by atoms with E-state index in [-0.39, 0.29) is 6.61 Å². The molecule has 0 aromatic carbocycles. The Balaban J connectivity index is 3.53. The molecule has 0 spiro atoms. The molecule has 0 radical (unpaired) electrons. The molecule has 0 aliphatic rings. The molecule has 112 valence electrons. The van der Waals surface area contributed by atoms with Crippen LogP contribution in [0, 0.1) is 5.92 Å². The fraction of sp³-hybridized carbons (Fsp3) is 0.857. The standard InChI is InChI=1S/C14H26O5/c1-3-11(4-2)8-6-5-7-9-19-14(18)12(15)10-13(16)17/h11-12,15H,3-10H2,1-2H3,(H,16,17). The number of aliphatic hydroxyl groups excluding tert-OH is 1. The van der Waals surface area contributed by atoms with Crippen LogP contribution in [-0.2, 0) is 14.3 Å². The van der Waals surface area contributed by atoms with Gasteiger partial charge in [-0.3, -0.25) is 4.79 Å². The number of ether oxygens (including phenoxy) is 1. The van der Waals surface area contributed by atoms with Crippen LogP contribution in [-0.4, -0.2) is 34.9 Å². The van der Waals surface area contributed by atoms with Crippen molar-refractivity contribution in [3.8, 4) is 0 Å². The van der Waals surface area contributed by atoms with Crippen LogP contribution in [0.3, 0.4) is 0 Å². The van der Waals surface area contributed by atoms with E-state index in [4.69, 9.17) is 9.84 Å². The van der Waals surface area contributed by atoms with Gasteiger partial charge >= 0.3 is 11.9 Å². The molecule has 0 aromatic heterocycles. The zero-order valence-electron chi connectivity index (χ0n) is 11.9. The van der Waals surface area contributed by atoms with E-state index in [0.717, 1.165) is 25.2 Å². The summed E-state index contributed by atoms with van der Waals surface area (Å²) in [5, 5.41) is 17.6. The molecule has 0 saturated heterocycles. The van der Waals surface area contributed by atoms with Crippen LogP contribution in [0.5, 0.6) is 0 Å². The van der Waals surface area contributed by atoms with Crippen molar-refractivity contribution in [2.45, 2.75) is 64.9 Å². The first-order valence-corrected chi connectivity index (χ1v) is 7.07. The summed E-state index contributed by atoms with van der Waals surface area (Å²) in [6, 6.07) is 0. The van der Waals surface area contributed by atoms with Crippen LogP contribution >= 0.6 is 0 Å². The van der Waals surface area contributed by atoms with E-state index in [9.17, 15) is 14.7 Å². The zero-order chi connectivity index (χ0) is 14.7. The Morgan fingerprint density at radius 3 is 2.26 bits per heavy atom. The molecule has 0 heterocycles. The lowest BCUT2D eigenvalue weighted by molar-refractivity contribution is -0.158. The minimum Gasteiger partial charge on any atom is -0.481 e. The Morgan fingerprint density at radius 2 is 1.74 bits per heavy atom. The molecule has 2 N–H and O–H groups in total. The van der Waals surface area contributed by atoms with Crippen molar-refractivity contribution >= 4 is 11.9 Å². The number of aliphatic carboxylic acids is 1. The minimum absolute atomic E-state index is 0.248. The Labute approximate surface area is 115 Å². The fourth-order valence-corrected chi connectivity index (χ4v) is 1.93. The third-order valence-corrected chi connectivity index (χ3v) is 3.30. The van der Waals surface area contributed by atoms with E-state index in [1.165, 1.54) is 19.3 Å². The Bertz CT molecular complexity index is 261. The number of rotatable bonds is 11. The second kappa shape index (κ2) is 10.8. The van der Waals surface area contributed by atoms with Gasteiger partial charge in [-0.15, -0.1) is 0 Å². The Hall–Kier alpha value is -1.10. The third kappa shape index (κ3) is 9.47. The molecule has 0 aliphatic carbocycles. The topological polar surface area (TPSA) is 83.8 Å². The van der Waals surface area contributed by atoms with Gasteiger partial charge in [0.25, 0.3) is 0 Å². The van der Waals surface area contributed by atoms with Crippen LogP contribution in [0.2, 0.25) is 0 Å². The lowest BCUT2D eigenvalue weighted by Crippen LogP contribution is -2.26. The predicted molar refractivity (Wildman–Crippen MR) is 71.8 cm³/mol. The summed E-state index contributed by atoms with van der Waals surface area (Å²) in [6.07, 6.45) is 4.30. The van der Waals surface area contributed by atoms with Gasteiger partial charge in [0.05, 0.1) is 13.0 Å². The maximum absolute atomic E-state index is 11.2. The molecule has 5 heteroatoms. The highest BCUT2D eigenvalue weighted by atomic mass is 16.5. The van der Waals surface area contributed by atoms with Gasteiger partial charge in [0.1, 0.15) is 0 Å². The highest BCUT2D eigenvalue weighted by molar-refractivity contribution is 5.80. The van der Waals surface area contributed by atoms with Crippen LogP contribution in [0.4, 0.5) is 0 Å². The summed E-state index contributed by atoms with van der Waals surface area (Å²) >= 11 is 0. The van der Waals surface area contributed by atoms with Crippen molar-refractivity contribution in [3.63, 3.8) is 0 Å². The SMILES string of the molecule is CCC(CC)CCCCCOC(=O)C(O)CC(=O)O. The Morgan fingerprint density at radius 1 is 1.11 bits per heavy atom. The van der Waals surface area contributed by atoms with Gasteiger partial charge in [-0.2, -0.15) is 0 Å². The first kappa shape index (κ1) is 17.9. The summed E-state index contributed by atoms with van der Waals surface area (Å²) in [5.41, 5.74) is 0. The van der Waals surface area contributed by atoms with E-state index in [1.807, 2.05) is 0 Å². The van der Waals surface area contributed by atoms with Gasteiger partial charge < -0.3 is 14.9 Å². The highest BCUT2D eigenvalue weighted by Crippen LogP contribution is 2.16. The molecule has 0 fully saturated rings. The van der Waals surface area contributed by atoms with Gasteiger partial charge in [0, 0.05) is 0 Å². The molecule has 0 amide bonds. The average molecular weight is 274 g/mol. The number of hydrogen-bond donors (Lipinski definition) is 2. The molecule has 1 atom stereocenters. The molecule has 0 saturated carbocycles. The van der Waals surface area contributed by atoms with Gasteiger partial charge in [0.2, 0.25) is 0 Å². The summed E-state index contributed by atoms with van der Waals surface area (Å²) in [4.78, 5) is 21.5. The molecule has 19 heavy (non-hydrogen) atoms. The number of unbranched alkanes of at least 4 members (excludes halogenated alkanes) is 2. The number of carbonyl (C=O) groups is 2. The molecular formula is C14H26O5. The van der Waals surface area contributed by atoms with E-state index in [0.29, 0.717) is 0 Å². The van der Waals surface area contributed by atoms with Crippen LogP contribution in [0.25, 0.3) is 0 Å². The smallest absolute Gasteiger partial charge is 0.335 e. The number of carboxylic acid groups (broad SMARTS) is 1. The quantitative estimate of drug-likeness (QED) is 0.446. The minimum atomic E-state index is -1.55. The largest absolute Gasteiger partial charge is 0.481 e. The van der Waals surface area contributed by atoms with E-state index >= 15 is 0 Å². The second-order valence-electron chi connectivity index (χ2n) is 4.81. The summed E-state index contributed by atoms with van der Waals surface area (Å²) in [7, 11) is 0. The lowest BCUT2D eigenvalue weighted by atomic mass is 9.96. The van der Waals surface area contributed by atoms with Gasteiger partial charge in [-0.05, 0) is 12.3 Å². The summed E-state index contributed by atoms with van der Waals surface area (Å²) < 4.78 is 4.81. The van der Waals surface area contributed by atoms with E-state index in [1.54, 1.807) is 0 Å². The summed E-state index contributed by atoms with van der Waals surface area (Å²) in [5.74, 6) is -1.28. The van der Waals surface area contributed by atoms with E-state index < -0.39 is 24.5 Å². The highest BCUT2D eigenvalue weighted by Gasteiger charge is 2.19. The zero-order valence-corrected chi connectivity index (χ0v) is 11.9. The molecular weight excluding hydrogens is 248 g/mol. The number of hydrogen-bond acceptors (Lipinski definition) is 4. The van der Waals surface area contributed by atoms with Crippen molar-refractivity contribution in [3.05, 3.63) is 0 Å². The average Bonchev–Trinajstić information content (AvgIpc) is 2.37. The molecule has 5 nitrogen and oxygen atoms in total. The molecule has 0 rings (SSSR count). The Kier molecular flexibility index (Phi) is 10.2. The lowest BCUT2D eigenvalue weighted by Gasteiger charge is -2.12. The maximum atomic E-state index is 11.2. The molecule has 0 aromatic rings. The van der Waals surface area contributed by atoms with Crippen LogP contribution in [0.15, 0.2) is 0 Å². The van der Waals surface area contributed by atoms with Gasteiger partial charge in [-0.1, -0.05) is 46.0 Å². The second-order valence-corrected chi connectivity index (χ2v) is 4.81. The van der Waals surface area contributed by atoms with Gasteiger partial charge in [0.15, 0.2) is 6.10 Å². The number of esters is 1. The van der Waals surface area contributed by atoms with Crippen molar-refractivity contribution < 1.29 is 24.5 Å². The number of carboxylic acids is 1. The first-order valence-electron chi connectivity index (χ1n) is 7.07. The maximum Gasteiger partial charge on any atom is 0.335 e. The third-order valence-electron chi connectivity index (χ3n) is 3.30. The normalized spacial score (nSPS) is 12.4. The molecule has 1 unspecified atom stereocenters. The van der Waals surface area contributed by atoms with E-state index in [2.05, 4.69) is 13.8 Å². The van der Waals surface area contributed by atoms with Crippen molar-refractivity contribution in [1.82, 2.24) is 0 Å². The predicted octanol–water partition coefficient (Wildman–Crippen LogP) is 2.36. The molecule has 0 bridgehead atoms. The van der Waals surface area contributed by atoms with Crippen molar-refractivity contribution in [2.75, 3.05) is 6.61 Å². The van der Waals surface area contributed by atoms with Crippen molar-refractivity contribution in [1.29, 1.82) is 0 Å². The molecule has 0 aliphatic heterocycles. The van der Waals surface area contributed by atoms with Crippen molar-refractivity contribution in [2.24, 2.45) is 5.92 Å². The summed E-state index contributed by atoms with van der Waals surface area (Å²) in [6.45, 7) is 4.64. The fourth-order valence-electron chi connectivity index (χ4n) is 1.93. The van der Waals surface area contributed by atoms with Crippen LogP contribution < -0.4 is 0 Å².